The highest BCUT2D eigenvalue weighted by Crippen LogP contribution is 2.26. The van der Waals surface area contributed by atoms with E-state index in [1.165, 1.54) is 0 Å². The normalized spacial score (nSPS) is 10.1. The number of amides is 2. The summed E-state index contributed by atoms with van der Waals surface area (Å²) in [6, 6.07) is 23.4. The van der Waals surface area contributed by atoms with Crippen molar-refractivity contribution in [3.8, 4) is 17.2 Å². The van der Waals surface area contributed by atoms with Gasteiger partial charge in [-0.3, -0.25) is 20.4 Å². The predicted octanol–water partition coefficient (Wildman–Crippen LogP) is 3.50. The average Bonchev–Trinajstić information content (AvgIpc) is 2.81. The first-order chi connectivity index (χ1) is 15.2. The third-order valence-electron chi connectivity index (χ3n) is 4.22. The highest BCUT2D eigenvalue weighted by atomic mass is 16.5. The van der Waals surface area contributed by atoms with Crippen molar-refractivity contribution < 1.29 is 23.8 Å². The summed E-state index contributed by atoms with van der Waals surface area (Å²) in [5.74, 6) is 0.756. The molecule has 3 rings (SSSR count). The molecule has 0 spiro atoms. The number of para-hydroxylation sites is 3. The maximum absolute atomic E-state index is 12.6. The van der Waals surface area contributed by atoms with E-state index >= 15 is 0 Å². The molecule has 3 aromatic rings. The molecule has 7 heteroatoms. The minimum absolute atomic E-state index is 0.221. The van der Waals surface area contributed by atoms with E-state index in [-0.39, 0.29) is 13.2 Å². The zero-order valence-corrected chi connectivity index (χ0v) is 17.2. The molecule has 0 aromatic heterocycles. The van der Waals surface area contributed by atoms with Crippen molar-refractivity contribution in [2.24, 2.45) is 0 Å². The van der Waals surface area contributed by atoms with Crippen LogP contribution in [0, 0.1) is 0 Å². The van der Waals surface area contributed by atoms with Crippen molar-refractivity contribution in [1.29, 1.82) is 0 Å². The Kier molecular flexibility index (Phi) is 7.88. The van der Waals surface area contributed by atoms with Crippen molar-refractivity contribution >= 4 is 11.8 Å². The number of hydrazine groups is 1. The molecule has 0 aliphatic carbocycles. The molecule has 160 valence electrons. The number of carbonyl (C=O) groups is 2. The Bertz CT molecular complexity index is 1010. The molecule has 3 aromatic carbocycles. The first-order valence-corrected chi connectivity index (χ1v) is 9.87. The van der Waals surface area contributed by atoms with Crippen LogP contribution in [0.2, 0.25) is 0 Å². The lowest BCUT2D eigenvalue weighted by Gasteiger charge is -2.13. The molecule has 0 unspecified atom stereocenters. The third kappa shape index (κ3) is 6.50. The Morgan fingerprint density at radius 2 is 1.39 bits per heavy atom. The Morgan fingerprint density at radius 1 is 0.742 bits per heavy atom. The van der Waals surface area contributed by atoms with E-state index in [0.717, 1.165) is 0 Å². The zero-order valence-electron chi connectivity index (χ0n) is 17.2. The molecule has 0 bridgehead atoms. The summed E-state index contributed by atoms with van der Waals surface area (Å²) in [7, 11) is 0. The SMILES string of the molecule is CCOc1ccccc1OCC(=O)NNC(=O)c1ccccc1COc1ccccc1. The standard InChI is InChI=1S/C24H24N2O5/c1-2-29-21-14-8-9-15-22(21)31-17-23(27)25-26-24(28)20-13-7-6-10-18(20)16-30-19-11-4-3-5-12-19/h3-15H,2,16-17H2,1H3,(H,25,27)(H,26,28). The van der Waals surface area contributed by atoms with Gasteiger partial charge in [0, 0.05) is 11.1 Å². The lowest BCUT2D eigenvalue weighted by Crippen LogP contribution is -2.44. The molecule has 0 aliphatic rings. The third-order valence-corrected chi connectivity index (χ3v) is 4.22. The fourth-order valence-electron chi connectivity index (χ4n) is 2.76. The van der Waals surface area contributed by atoms with Gasteiger partial charge in [-0.25, -0.2) is 0 Å². The van der Waals surface area contributed by atoms with Crippen molar-refractivity contribution in [2.45, 2.75) is 13.5 Å². The fourth-order valence-corrected chi connectivity index (χ4v) is 2.76. The van der Waals surface area contributed by atoms with Crippen molar-refractivity contribution in [3.05, 3.63) is 90.0 Å². The molecule has 0 atom stereocenters. The van der Waals surface area contributed by atoms with Crippen LogP contribution in [0.1, 0.15) is 22.8 Å². The number of benzene rings is 3. The van der Waals surface area contributed by atoms with Crippen molar-refractivity contribution in [3.63, 3.8) is 0 Å². The van der Waals surface area contributed by atoms with Crippen LogP contribution in [0.25, 0.3) is 0 Å². The molecule has 0 fully saturated rings. The first-order valence-electron chi connectivity index (χ1n) is 9.87. The van der Waals surface area contributed by atoms with Crippen LogP contribution in [0.4, 0.5) is 0 Å². The van der Waals surface area contributed by atoms with Crippen molar-refractivity contribution in [1.82, 2.24) is 10.9 Å². The summed E-state index contributed by atoms with van der Waals surface area (Å²) < 4.78 is 16.7. The predicted molar refractivity (Wildman–Crippen MR) is 116 cm³/mol. The van der Waals surface area contributed by atoms with E-state index in [4.69, 9.17) is 14.2 Å². The molecule has 0 radical (unpaired) electrons. The molecule has 0 heterocycles. The number of hydrogen-bond acceptors (Lipinski definition) is 5. The molecule has 2 amide bonds. The summed E-state index contributed by atoms with van der Waals surface area (Å²) in [6.45, 7) is 2.29. The van der Waals surface area contributed by atoms with Gasteiger partial charge < -0.3 is 14.2 Å². The van der Waals surface area contributed by atoms with Crippen LogP contribution < -0.4 is 25.1 Å². The second kappa shape index (κ2) is 11.3. The second-order valence-corrected chi connectivity index (χ2v) is 6.43. The maximum atomic E-state index is 12.6. The summed E-state index contributed by atoms with van der Waals surface area (Å²) >= 11 is 0. The minimum atomic E-state index is -0.502. The maximum Gasteiger partial charge on any atom is 0.276 e. The van der Waals surface area contributed by atoms with Crippen LogP contribution in [0.15, 0.2) is 78.9 Å². The monoisotopic (exact) mass is 420 g/mol. The van der Waals surface area contributed by atoms with E-state index in [0.29, 0.717) is 35.0 Å². The van der Waals surface area contributed by atoms with Gasteiger partial charge >= 0.3 is 0 Å². The Morgan fingerprint density at radius 3 is 2.13 bits per heavy atom. The molecule has 0 aliphatic heterocycles. The van der Waals surface area contributed by atoms with Crippen LogP contribution in [0.5, 0.6) is 17.2 Å². The molecule has 0 saturated carbocycles. The van der Waals surface area contributed by atoms with E-state index in [2.05, 4.69) is 10.9 Å². The number of nitrogens with one attached hydrogen (secondary N) is 2. The van der Waals surface area contributed by atoms with E-state index < -0.39 is 11.8 Å². The Balaban J connectivity index is 1.52. The van der Waals surface area contributed by atoms with E-state index in [1.807, 2.05) is 49.4 Å². The van der Waals surface area contributed by atoms with Gasteiger partial charge in [0.2, 0.25) is 0 Å². The van der Waals surface area contributed by atoms with E-state index in [1.54, 1.807) is 36.4 Å². The summed E-state index contributed by atoms with van der Waals surface area (Å²) in [4.78, 5) is 24.7. The van der Waals surface area contributed by atoms with Gasteiger partial charge in [0.25, 0.3) is 11.8 Å². The number of rotatable bonds is 9. The number of hydrogen-bond donors (Lipinski definition) is 2. The average molecular weight is 420 g/mol. The van der Waals surface area contributed by atoms with Gasteiger partial charge in [0.1, 0.15) is 12.4 Å². The molecule has 2 N–H and O–H groups in total. The fraction of sp³-hybridized carbons (Fsp3) is 0.167. The minimum Gasteiger partial charge on any atom is -0.490 e. The topological polar surface area (TPSA) is 85.9 Å². The van der Waals surface area contributed by atoms with Gasteiger partial charge in [-0.1, -0.05) is 48.5 Å². The van der Waals surface area contributed by atoms with Crippen LogP contribution in [-0.4, -0.2) is 25.0 Å². The lowest BCUT2D eigenvalue weighted by molar-refractivity contribution is -0.123. The first kappa shape index (κ1) is 21.7. The molecule has 0 saturated heterocycles. The highest BCUT2D eigenvalue weighted by Gasteiger charge is 2.13. The second-order valence-electron chi connectivity index (χ2n) is 6.43. The van der Waals surface area contributed by atoms with Crippen molar-refractivity contribution in [2.75, 3.05) is 13.2 Å². The molecule has 7 nitrogen and oxygen atoms in total. The summed E-state index contributed by atoms with van der Waals surface area (Å²) in [5.41, 5.74) is 5.87. The molecule has 31 heavy (non-hydrogen) atoms. The van der Waals surface area contributed by atoms with Gasteiger partial charge in [-0.05, 0) is 37.3 Å². The Hall–Kier alpha value is -4.00. The number of ether oxygens (including phenoxy) is 3. The van der Waals surface area contributed by atoms with Gasteiger partial charge in [0.05, 0.1) is 6.61 Å². The highest BCUT2D eigenvalue weighted by molar-refractivity contribution is 5.96. The molecular weight excluding hydrogens is 396 g/mol. The van der Waals surface area contributed by atoms with Crippen LogP contribution in [-0.2, 0) is 11.4 Å². The van der Waals surface area contributed by atoms with Gasteiger partial charge in [0.15, 0.2) is 18.1 Å². The summed E-state index contributed by atoms with van der Waals surface area (Å²) in [6.07, 6.45) is 0. The molecular formula is C24H24N2O5. The zero-order chi connectivity index (χ0) is 21.9. The van der Waals surface area contributed by atoms with Crippen LogP contribution in [0.3, 0.4) is 0 Å². The number of carbonyl (C=O) groups excluding carboxylic acids is 2. The largest absolute Gasteiger partial charge is 0.490 e. The lowest BCUT2D eigenvalue weighted by atomic mass is 10.1. The smallest absolute Gasteiger partial charge is 0.276 e. The van der Waals surface area contributed by atoms with Crippen LogP contribution >= 0.6 is 0 Å². The van der Waals surface area contributed by atoms with Gasteiger partial charge in [-0.2, -0.15) is 0 Å². The van der Waals surface area contributed by atoms with E-state index in [9.17, 15) is 9.59 Å². The van der Waals surface area contributed by atoms with Gasteiger partial charge in [-0.15, -0.1) is 0 Å². The Labute approximate surface area is 180 Å². The quantitative estimate of drug-likeness (QED) is 0.518. The summed E-state index contributed by atoms with van der Waals surface area (Å²) in [5, 5.41) is 0.